The normalized spacial score (nSPS) is 22.8. The molecule has 2 aromatic rings. The summed E-state index contributed by atoms with van der Waals surface area (Å²) in [6.07, 6.45) is 0. The summed E-state index contributed by atoms with van der Waals surface area (Å²) in [6.45, 7) is -1.25. The SMILES string of the molecule is [2H]C([2H])([2H])Oc1cccc(-c2cc(F)c(C3(C(N)=O)COCC3C(=O)NS(N)(=O)=O)c(F)c2)c1. The Bertz CT molecular complexity index is 1240. The van der Waals surface area contributed by atoms with Gasteiger partial charge in [-0.25, -0.2) is 18.6 Å². The second kappa shape index (κ2) is 8.21. The third kappa shape index (κ3) is 4.22. The Labute approximate surface area is 180 Å². The van der Waals surface area contributed by atoms with E-state index in [4.69, 9.17) is 24.5 Å². The third-order valence-corrected chi connectivity index (χ3v) is 5.47. The number of nitrogens with one attached hydrogen (secondary N) is 1. The molecule has 31 heavy (non-hydrogen) atoms. The predicted molar refractivity (Wildman–Crippen MR) is 105 cm³/mol. The van der Waals surface area contributed by atoms with Crippen LogP contribution in [0.5, 0.6) is 5.75 Å². The Morgan fingerprint density at radius 1 is 1.26 bits per heavy atom. The maximum Gasteiger partial charge on any atom is 0.298 e. The molecule has 166 valence electrons. The van der Waals surface area contributed by atoms with Crippen LogP contribution in [0.25, 0.3) is 11.1 Å². The minimum Gasteiger partial charge on any atom is -0.497 e. The molecule has 2 amide bonds. The van der Waals surface area contributed by atoms with Crippen LogP contribution >= 0.6 is 0 Å². The quantitative estimate of drug-likeness (QED) is 0.568. The molecule has 2 unspecified atom stereocenters. The van der Waals surface area contributed by atoms with E-state index in [9.17, 15) is 18.0 Å². The van der Waals surface area contributed by atoms with Crippen LogP contribution in [-0.2, 0) is 30.0 Å². The van der Waals surface area contributed by atoms with Gasteiger partial charge in [0.05, 0.1) is 30.3 Å². The summed E-state index contributed by atoms with van der Waals surface area (Å²) in [7, 11) is -7.29. The van der Waals surface area contributed by atoms with E-state index in [1.165, 1.54) is 29.0 Å². The molecule has 1 aliphatic heterocycles. The van der Waals surface area contributed by atoms with E-state index in [2.05, 4.69) is 0 Å². The molecular weight excluding hydrogens is 436 g/mol. The topological polar surface area (TPSA) is 151 Å². The van der Waals surface area contributed by atoms with Crippen LogP contribution in [0.15, 0.2) is 36.4 Å². The Morgan fingerprint density at radius 2 is 1.94 bits per heavy atom. The molecule has 9 nitrogen and oxygen atoms in total. The largest absolute Gasteiger partial charge is 0.497 e. The number of carbonyl (C=O) groups is 2. The number of methoxy groups -OCH3 is 1. The molecule has 0 saturated carbocycles. The summed E-state index contributed by atoms with van der Waals surface area (Å²) >= 11 is 0. The van der Waals surface area contributed by atoms with E-state index >= 15 is 8.78 Å². The molecule has 5 N–H and O–H groups in total. The van der Waals surface area contributed by atoms with Crippen molar-refractivity contribution in [2.24, 2.45) is 16.8 Å². The minimum atomic E-state index is -4.55. The lowest BCUT2D eigenvalue weighted by Gasteiger charge is -2.30. The molecule has 1 saturated heterocycles. The van der Waals surface area contributed by atoms with Gasteiger partial charge in [-0.3, -0.25) is 9.59 Å². The van der Waals surface area contributed by atoms with Crippen molar-refractivity contribution in [3.8, 4) is 16.9 Å². The summed E-state index contributed by atoms with van der Waals surface area (Å²) in [6, 6.07) is 7.12. The van der Waals surface area contributed by atoms with Crippen LogP contribution in [0.1, 0.15) is 9.68 Å². The van der Waals surface area contributed by atoms with Crippen molar-refractivity contribution in [1.82, 2.24) is 4.72 Å². The smallest absolute Gasteiger partial charge is 0.298 e. The van der Waals surface area contributed by atoms with Gasteiger partial charge in [0.2, 0.25) is 11.8 Å². The molecular formula is C19H19F2N3O6S. The van der Waals surface area contributed by atoms with Crippen LogP contribution in [-0.4, -0.2) is 40.5 Å². The van der Waals surface area contributed by atoms with Crippen LogP contribution < -0.4 is 20.3 Å². The zero-order valence-electron chi connectivity index (χ0n) is 18.7. The lowest BCUT2D eigenvalue weighted by molar-refractivity contribution is -0.132. The van der Waals surface area contributed by atoms with Crippen molar-refractivity contribution in [3.63, 3.8) is 0 Å². The highest BCUT2D eigenvalue weighted by Crippen LogP contribution is 2.42. The first-order chi connectivity index (χ1) is 15.6. The zero-order chi connectivity index (χ0) is 25.5. The fraction of sp³-hybridized carbons (Fsp3) is 0.263. The third-order valence-electron chi connectivity index (χ3n) is 4.98. The van der Waals surface area contributed by atoms with Crippen LogP contribution in [0.4, 0.5) is 8.78 Å². The van der Waals surface area contributed by atoms with Gasteiger partial charge in [0.15, 0.2) is 0 Å². The van der Waals surface area contributed by atoms with E-state index in [-0.39, 0.29) is 16.9 Å². The molecule has 0 spiro atoms. The fourth-order valence-corrected chi connectivity index (χ4v) is 4.03. The predicted octanol–water partition coefficient (Wildman–Crippen LogP) is 0.330. The number of carbonyl (C=O) groups excluding carboxylic acids is 2. The first-order valence-corrected chi connectivity index (χ1v) is 10.2. The fourth-order valence-electron chi connectivity index (χ4n) is 3.61. The monoisotopic (exact) mass is 458 g/mol. The van der Waals surface area contributed by atoms with E-state index in [1.807, 2.05) is 0 Å². The lowest BCUT2D eigenvalue weighted by Crippen LogP contribution is -2.54. The number of rotatable bonds is 6. The van der Waals surface area contributed by atoms with Crippen LogP contribution in [0.3, 0.4) is 0 Å². The second-order valence-electron chi connectivity index (χ2n) is 6.86. The van der Waals surface area contributed by atoms with Gasteiger partial charge >= 0.3 is 0 Å². The second-order valence-corrected chi connectivity index (χ2v) is 8.15. The Hall–Kier alpha value is -3.09. The summed E-state index contributed by atoms with van der Waals surface area (Å²) in [4.78, 5) is 24.9. The molecule has 3 rings (SSSR count). The number of primary amides is 1. The van der Waals surface area contributed by atoms with E-state index in [1.54, 1.807) is 0 Å². The van der Waals surface area contributed by atoms with E-state index in [0.717, 1.165) is 12.1 Å². The average Bonchev–Trinajstić information content (AvgIpc) is 3.11. The standard InChI is InChI=1S/C19H19F2N3O6S/c1-29-12-4-2-3-10(5-12)11-6-14(20)16(15(21)7-11)19(18(22)26)9-30-8-13(19)17(25)24-31(23,27)28/h2-7,13H,8-9H2,1H3,(H2,22,26)(H,24,25)(H2,23,27,28)/i1D3. The Balaban J connectivity index is 2.09. The van der Waals surface area contributed by atoms with E-state index in [0.29, 0.717) is 0 Å². The maximum absolute atomic E-state index is 15.3. The highest BCUT2D eigenvalue weighted by molar-refractivity contribution is 7.87. The van der Waals surface area contributed by atoms with Gasteiger partial charge in [-0.2, -0.15) is 8.42 Å². The summed E-state index contributed by atoms with van der Waals surface area (Å²) in [5.41, 5.74) is 2.33. The van der Waals surface area contributed by atoms with Gasteiger partial charge in [-0.05, 0) is 35.4 Å². The van der Waals surface area contributed by atoms with Crippen molar-refractivity contribution in [2.45, 2.75) is 5.41 Å². The molecule has 0 aliphatic carbocycles. The molecule has 1 fully saturated rings. The van der Waals surface area contributed by atoms with Gasteiger partial charge in [-0.1, -0.05) is 12.1 Å². The number of amides is 2. The van der Waals surface area contributed by atoms with Gasteiger partial charge in [0, 0.05) is 5.56 Å². The van der Waals surface area contributed by atoms with Gasteiger partial charge in [-0.15, -0.1) is 0 Å². The summed E-state index contributed by atoms with van der Waals surface area (Å²) < 4.78 is 86.0. The average molecular weight is 458 g/mol. The Morgan fingerprint density at radius 3 is 2.52 bits per heavy atom. The van der Waals surface area contributed by atoms with Crippen molar-refractivity contribution in [2.75, 3.05) is 20.3 Å². The number of hydrogen-bond acceptors (Lipinski definition) is 6. The van der Waals surface area contributed by atoms with Crippen molar-refractivity contribution in [1.29, 1.82) is 0 Å². The minimum absolute atomic E-state index is 0.0428. The highest BCUT2D eigenvalue weighted by Gasteiger charge is 2.56. The molecule has 2 atom stereocenters. The maximum atomic E-state index is 15.3. The van der Waals surface area contributed by atoms with Crippen LogP contribution in [0, 0.1) is 17.6 Å². The van der Waals surface area contributed by atoms with Gasteiger partial charge < -0.3 is 15.2 Å². The van der Waals surface area contributed by atoms with Crippen LogP contribution in [0.2, 0.25) is 0 Å². The summed E-state index contributed by atoms with van der Waals surface area (Å²) in [5, 5.41) is 4.79. The highest BCUT2D eigenvalue weighted by atomic mass is 32.2. The van der Waals surface area contributed by atoms with Gasteiger partial charge in [0.1, 0.15) is 22.8 Å². The molecule has 0 radical (unpaired) electrons. The number of benzene rings is 2. The number of nitrogens with two attached hydrogens (primary N) is 2. The van der Waals surface area contributed by atoms with Gasteiger partial charge in [0.25, 0.3) is 10.2 Å². The van der Waals surface area contributed by atoms with Crippen molar-refractivity contribution < 1.29 is 40.4 Å². The first kappa shape index (κ1) is 18.7. The van der Waals surface area contributed by atoms with Crippen molar-refractivity contribution >= 4 is 22.0 Å². The molecule has 0 bridgehead atoms. The number of halogens is 2. The summed E-state index contributed by atoms with van der Waals surface area (Å²) in [5.74, 6) is -6.96. The van der Waals surface area contributed by atoms with E-state index < -0.39 is 70.8 Å². The molecule has 2 aromatic carbocycles. The molecule has 0 aromatic heterocycles. The zero-order valence-corrected chi connectivity index (χ0v) is 16.5. The molecule has 12 heteroatoms. The number of hydrogen-bond donors (Lipinski definition) is 3. The first-order valence-electron chi connectivity index (χ1n) is 10.1. The lowest BCUT2D eigenvalue weighted by atomic mass is 9.70. The molecule has 1 aliphatic rings. The molecule has 1 heterocycles. The Kier molecular flexibility index (Phi) is 4.94. The number of ether oxygens (including phenoxy) is 2. The van der Waals surface area contributed by atoms with Crippen molar-refractivity contribution in [3.05, 3.63) is 53.6 Å².